The molecule has 1 aromatic rings. The highest BCUT2D eigenvalue weighted by Gasteiger charge is 2.35. The third-order valence-corrected chi connectivity index (χ3v) is 5.27. The number of nitrogens with two attached hydrogens (primary N) is 1. The van der Waals surface area contributed by atoms with Gasteiger partial charge in [0.25, 0.3) is 15.9 Å². The Hall–Kier alpha value is -1.38. The third-order valence-electron chi connectivity index (χ3n) is 4.00. The topological polar surface area (TPSA) is 114 Å². The zero-order valence-electron chi connectivity index (χ0n) is 12.2. The van der Waals surface area contributed by atoms with E-state index in [2.05, 4.69) is 10.0 Å². The van der Waals surface area contributed by atoms with Crippen molar-refractivity contribution in [3.8, 4) is 0 Å². The Bertz CT molecular complexity index is 630. The zero-order valence-corrected chi connectivity index (χ0v) is 13.0. The molecule has 1 aliphatic rings. The van der Waals surface area contributed by atoms with Crippen LogP contribution < -0.4 is 15.8 Å². The first-order valence-electron chi connectivity index (χ1n) is 6.90. The molecule has 7 nitrogen and oxygen atoms in total. The van der Waals surface area contributed by atoms with Gasteiger partial charge in [0.1, 0.15) is 5.76 Å². The van der Waals surface area contributed by atoms with Crippen LogP contribution in [0.1, 0.15) is 41.8 Å². The Kier molecular flexibility index (Phi) is 4.40. The monoisotopic (exact) mass is 315 g/mol. The number of rotatable bonds is 5. The maximum absolute atomic E-state index is 12.4. The van der Waals surface area contributed by atoms with E-state index in [0.29, 0.717) is 6.54 Å². The predicted octanol–water partition coefficient (Wildman–Crippen LogP) is 0.497. The van der Waals surface area contributed by atoms with Gasteiger partial charge in [0, 0.05) is 12.6 Å². The molecule has 1 aliphatic carbocycles. The lowest BCUT2D eigenvalue weighted by molar-refractivity contribution is 0.0901. The summed E-state index contributed by atoms with van der Waals surface area (Å²) in [6.45, 7) is 1.94. The molecule has 0 spiro atoms. The first kappa shape index (κ1) is 16.0. The molecule has 0 unspecified atom stereocenters. The first-order chi connectivity index (χ1) is 9.83. The molecule has 0 bridgehead atoms. The van der Waals surface area contributed by atoms with Crippen LogP contribution in [0.25, 0.3) is 0 Å². The third kappa shape index (κ3) is 3.12. The second-order valence-corrected chi connectivity index (χ2v) is 7.21. The Morgan fingerprint density at radius 1 is 1.43 bits per heavy atom. The molecule has 0 aromatic carbocycles. The van der Waals surface area contributed by atoms with Gasteiger partial charge in [-0.15, -0.1) is 0 Å². The molecular weight excluding hydrogens is 294 g/mol. The standard InChI is InChI=1S/C13H21N3O4S/c1-9-10(7-11(20-9)21(18,19)15-2)12(17)16-13(8-14)5-3-4-6-13/h7,15H,3-6,8,14H2,1-2H3,(H,16,17). The molecule has 0 radical (unpaired) electrons. The summed E-state index contributed by atoms with van der Waals surface area (Å²) in [4.78, 5) is 12.4. The summed E-state index contributed by atoms with van der Waals surface area (Å²) < 4.78 is 30.7. The van der Waals surface area contributed by atoms with Crippen LogP contribution >= 0.6 is 0 Å². The van der Waals surface area contributed by atoms with Crippen molar-refractivity contribution in [1.82, 2.24) is 10.0 Å². The Morgan fingerprint density at radius 2 is 2.05 bits per heavy atom. The van der Waals surface area contributed by atoms with E-state index in [0.717, 1.165) is 25.7 Å². The van der Waals surface area contributed by atoms with E-state index in [1.807, 2.05) is 0 Å². The molecule has 21 heavy (non-hydrogen) atoms. The predicted molar refractivity (Wildman–Crippen MR) is 77.4 cm³/mol. The lowest BCUT2D eigenvalue weighted by Gasteiger charge is -2.28. The molecule has 118 valence electrons. The molecule has 1 fully saturated rings. The van der Waals surface area contributed by atoms with Gasteiger partial charge in [0.05, 0.1) is 11.1 Å². The second kappa shape index (κ2) is 5.78. The van der Waals surface area contributed by atoms with Crippen molar-refractivity contribution >= 4 is 15.9 Å². The van der Waals surface area contributed by atoms with Crippen LogP contribution in [-0.4, -0.2) is 33.5 Å². The maximum atomic E-state index is 12.4. The Labute approximate surface area is 124 Å². The number of amides is 1. The second-order valence-electron chi connectivity index (χ2n) is 5.39. The van der Waals surface area contributed by atoms with Gasteiger partial charge in [-0.2, -0.15) is 0 Å². The van der Waals surface area contributed by atoms with Gasteiger partial charge in [-0.25, -0.2) is 13.1 Å². The Balaban J connectivity index is 2.24. The average molecular weight is 315 g/mol. The van der Waals surface area contributed by atoms with Crippen molar-refractivity contribution in [2.45, 2.75) is 43.2 Å². The van der Waals surface area contributed by atoms with Gasteiger partial charge in [-0.1, -0.05) is 12.8 Å². The van der Waals surface area contributed by atoms with Crippen LogP contribution in [0.15, 0.2) is 15.6 Å². The van der Waals surface area contributed by atoms with E-state index in [1.165, 1.54) is 13.1 Å². The minimum Gasteiger partial charge on any atom is -0.448 e. The zero-order chi connectivity index (χ0) is 15.7. The van der Waals surface area contributed by atoms with Gasteiger partial charge in [0.15, 0.2) is 0 Å². The van der Waals surface area contributed by atoms with Gasteiger partial charge in [-0.3, -0.25) is 4.79 Å². The maximum Gasteiger partial charge on any atom is 0.273 e. The summed E-state index contributed by atoms with van der Waals surface area (Å²) in [5.74, 6) is -0.0763. The molecular formula is C13H21N3O4S. The minimum absolute atomic E-state index is 0.226. The van der Waals surface area contributed by atoms with Crippen molar-refractivity contribution in [3.63, 3.8) is 0 Å². The fourth-order valence-electron chi connectivity index (χ4n) is 2.65. The molecule has 0 aliphatic heterocycles. The fourth-order valence-corrected chi connectivity index (χ4v) is 3.36. The van der Waals surface area contributed by atoms with Crippen molar-refractivity contribution < 1.29 is 17.6 Å². The molecule has 4 N–H and O–H groups in total. The number of furan rings is 1. The van der Waals surface area contributed by atoms with E-state index >= 15 is 0 Å². The smallest absolute Gasteiger partial charge is 0.273 e. The summed E-state index contributed by atoms with van der Waals surface area (Å²) in [6, 6.07) is 1.25. The van der Waals surface area contributed by atoms with Crippen LogP contribution in [0, 0.1) is 6.92 Å². The highest BCUT2D eigenvalue weighted by Crippen LogP contribution is 2.29. The molecule has 0 saturated heterocycles. The molecule has 1 heterocycles. The largest absolute Gasteiger partial charge is 0.448 e. The molecule has 1 amide bonds. The van der Waals surface area contributed by atoms with Crippen molar-refractivity contribution in [2.24, 2.45) is 5.73 Å². The van der Waals surface area contributed by atoms with E-state index in [1.54, 1.807) is 6.92 Å². The number of nitrogens with one attached hydrogen (secondary N) is 2. The normalized spacial score (nSPS) is 17.9. The lowest BCUT2D eigenvalue weighted by atomic mass is 9.97. The number of sulfonamides is 1. The first-order valence-corrected chi connectivity index (χ1v) is 8.38. The van der Waals surface area contributed by atoms with Crippen LogP contribution in [0.2, 0.25) is 0 Å². The number of hydrogen-bond donors (Lipinski definition) is 3. The molecule has 1 saturated carbocycles. The van der Waals surface area contributed by atoms with Gasteiger partial charge in [0.2, 0.25) is 5.09 Å². The minimum atomic E-state index is -3.70. The van der Waals surface area contributed by atoms with E-state index in [4.69, 9.17) is 10.2 Å². The van der Waals surface area contributed by atoms with Crippen LogP contribution in [-0.2, 0) is 10.0 Å². The summed E-state index contributed by atoms with van der Waals surface area (Å²) in [6.07, 6.45) is 3.74. The average Bonchev–Trinajstić information content (AvgIpc) is 3.06. The summed E-state index contributed by atoms with van der Waals surface area (Å²) >= 11 is 0. The van der Waals surface area contributed by atoms with E-state index in [-0.39, 0.29) is 27.9 Å². The fraction of sp³-hybridized carbons (Fsp3) is 0.615. The van der Waals surface area contributed by atoms with E-state index < -0.39 is 10.0 Å². The van der Waals surface area contributed by atoms with Gasteiger partial charge >= 0.3 is 0 Å². The summed E-state index contributed by atoms with van der Waals surface area (Å²) in [7, 11) is -2.42. The summed E-state index contributed by atoms with van der Waals surface area (Å²) in [5.41, 5.74) is 5.62. The van der Waals surface area contributed by atoms with Crippen molar-refractivity contribution in [2.75, 3.05) is 13.6 Å². The molecule has 1 aromatic heterocycles. The number of carbonyl (C=O) groups is 1. The van der Waals surface area contributed by atoms with Gasteiger partial charge in [-0.05, 0) is 26.8 Å². The van der Waals surface area contributed by atoms with Crippen LogP contribution in [0.5, 0.6) is 0 Å². The quantitative estimate of drug-likeness (QED) is 0.732. The number of aryl methyl sites for hydroxylation is 1. The number of carbonyl (C=O) groups excluding carboxylic acids is 1. The number of hydrogen-bond acceptors (Lipinski definition) is 5. The highest BCUT2D eigenvalue weighted by molar-refractivity contribution is 7.89. The molecule has 0 atom stereocenters. The highest BCUT2D eigenvalue weighted by atomic mass is 32.2. The van der Waals surface area contributed by atoms with E-state index in [9.17, 15) is 13.2 Å². The Morgan fingerprint density at radius 3 is 2.57 bits per heavy atom. The van der Waals surface area contributed by atoms with Crippen molar-refractivity contribution in [1.29, 1.82) is 0 Å². The van der Waals surface area contributed by atoms with Crippen molar-refractivity contribution in [3.05, 3.63) is 17.4 Å². The van der Waals surface area contributed by atoms with Crippen LogP contribution in [0.3, 0.4) is 0 Å². The summed E-state index contributed by atoms with van der Waals surface area (Å²) in [5, 5.41) is 2.68. The SMILES string of the molecule is CNS(=O)(=O)c1cc(C(=O)NC2(CN)CCCC2)c(C)o1. The molecule has 8 heteroatoms. The molecule has 2 rings (SSSR count). The lowest BCUT2D eigenvalue weighted by Crippen LogP contribution is -2.51. The van der Waals surface area contributed by atoms with Gasteiger partial charge < -0.3 is 15.5 Å². The van der Waals surface area contributed by atoms with Crippen LogP contribution in [0.4, 0.5) is 0 Å².